The maximum absolute atomic E-state index is 5.98. The van der Waals surface area contributed by atoms with Crippen LogP contribution in [0.15, 0.2) is 34.8 Å². The van der Waals surface area contributed by atoms with Gasteiger partial charge in [-0.1, -0.05) is 43.4 Å². The largest absolute Gasteiger partial charge is 0.472 e. The van der Waals surface area contributed by atoms with E-state index < -0.39 is 0 Å². The van der Waals surface area contributed by atoms with E-state index in [0.717, 1.165) is 34.5 Å². The van der Waals surface area contributed by atoms with E-state index in [1.54, 1.807) is 0 Å². The van der Waals surface area contributed by atoms with E-state index in [2.05, 4.69) is 73.8 Å². The van der Waals surface area contributed by atoms with E-state index in [0.29, 0.717) is 18.4 Å². The number of thiocarbonyl (C=S) groups is 1. The first kappa shape index (κ1) is 21.8. The molecule has 0 spiro atoms. The van der Waals surface area contributed by atoms with Crippen LogP contribution in [0.3, 0.4) is 0 Å². The van der Waals surface area contributed by atoms with Crippen molar-refractivity contribution in [1.82, 2.24) is 9.88 Å². The van der Waals surface area contributed by atoms with Gasteiger partial charge in [-0.25, -0.2) is 4.98 Å². The number of ether oxygens (including phenoxy) is 1. The minimum Gasteiger partial charge on any atom is -0.472 e. The molecule has 2 rings (SSSR count). The van der Waals surface area contributed by atoms with Crippen LogP contribution < -0.4 is 4.74 Å². The first-order valence-electron chi connectivity index (χ1n) is 9.41. The minimum absolute atomic E-state index is 0.391. The summed E-state index contributed by atoms with van der Waals surface area (Å²) in [7, 11) is 2.05. The van der Waals surface area contributed by atoms with Crippen molar-refractivity contribution in [2.75, 3.05) is 13.6 Å². The van der Waals surface area contributed by atoms with Crippen LogP contribution in [-0.4, -0.2) is 28.5 Å². The third-order valence-electron chi connectivity index (χ3n) is 5.02. The summed E-state index contributed by atoms with van der Waals surface area (Å²) in [5, 5.41) is 0. The molecule has 1 aromatic carbocycles. The molecule has 146 valence electrons. The molecule has 0 N–H and O–H groups in total. The smallest absolute Gasteiger partial charge is 0.228 e. The zero-order chi connectivity index (χ0) is 20.0. The van der Waals surface area contributed by atoms with Crippen LogP contribution in [0, 0.1) is 13.8 Å². The average Bonchev–Trinajstić information content (AvgIpc) is 2.66. The van der Waals surface area contributed by atoms with E-state index in [1.807, 2.05) is 12.1 Å². The van der Waals surface area contributed by atoms with Crippen molar-refractivity contribution in [1.29, 1.82) is 0 Å². The SMILES string of the molecule is CCN(C)C(=S)CCC(C)c1cc(Br)c(OCc2ccccc2C)nc1C. The van der Waals surface area contributed by atoms with Gasteiger partial charge in [-0.05, 0) is 78.2 Å². The maximum atomic E-state index is 5.98. The molecule has 3 nitrogen and oxygen atoms in total. The molecule has 1 unspecified atom stereocenters. The summed E-state index contributed by atoms with van der Waals surface area (Å²) in [6.07, 6.45) is 1.94. The van der Waals surface area contributed by atoms with Crippen molar-refractivity contribution >= 4 is 33.1 Å². The Balaban J connectivity index is 2.05. The Labute approximate surface area is 177 Å². The van der Waals surface area contributed by atoms with Gasteiger partial charge >= 0.3 is 0 Å². The maximum Gasteiger partial charge on any atom is 0.228 e. The Kier molecular flexibility index (Phi) is 8.24. The van der Waals surface area contributed by atoms with Crippen LogP contribution in [0.4, 0.5) is 0 Å². The molecule has 0 aliphatic rings. The molecule has 0 saturated carbocycles. The zero-order valence-corrected chi connectivity index (χ0v) is 19.3. The molecule has 27 heavy (non-hydrogen) atoms. The molecular formula is C22H29BrN2OS. The topological polar surface area (TPSA) is 25.4 Å². The summed E-state index contributed by atoms with van der Waals surface area (Å²) >= 11 is 9.13. The summed E-state index contributed by atoms with van der Waals surface area (Å²) in [5.41, 5.74) is 4.66. The molecule has 2 aromatic rings. The first-order valence-corrected chi connectivity index (χ1v) is 10.6. The van der Waals surface area contributed by atoms with E-state index >= 15 is 0 Å². The third-order valence-corrected chi connectivity index (χ3v) is 6.11. The lowest BCUT2D eigenvalue weighted by Crippen LogP contribution is -2.24. The Bertz CT molecular complexity index is 794. The Morgan fingerprint density at radius 3 is 2.67 bits per heavy atom. The Morgan fingerprint density at radius 1 is 1.30 bits per heavy atom. The standard InChI is InChI=1S/C22H29BrN2OS/c1-6-25(5)21(27)12-11-16(3)19-13-20(23)22(24-17(19)4)26-14-18-10-8-7-9-15(18)2/h7-10,13,16H,6,11-12,14H2,1-5H3. The van der Waals surface area contributed by atoms with Crippen LogP contribution in [-0.2, 0) is 6.61 Å². The highest BCUT2D eigenvalue weighted by molar-refractivity contribution is 9.10. The van der Waals surface area contributed by atoms with Gasteiger partial charge in [-0.15, -0.1) is 0 Å². The molecule has 1 heterocycles. The molecule has 5 heteroatoms. The first-order chi connectivity index (χ1) is 12.8. The van der Waals surface area contributed by atoms with Gasteiger partial charge in [0.1, 0.15) is 6.61 Å². The van der Waals surface area contributed by atoms with Gasteiger partial charge in [0.15, 0.2) is 0 Å². The molecule has 1 atom stereocenters. The second-order valence-electron chi connectivity index (χ2n) is 7.01. The molecule has 1 aromatic heterocycles. The lowest BCUT2D eigenvalue weighted by atomic mass is 9.95. The van der Waals surface area contributed by atoms with Crippen LogP contribution in [0.5, 0.6) is 5.88 Å². The van der Waals surface area contributed by atoms with Crippen molar-refractivity contribution in [2.24, 2.45) is 0 Å². The fourth-order valence-corrected chi connectivity index (χ4v) is 3.65. The third kappa shape index (κ3) is 6.01. The van der Waals surface area contributed by atoms with E-state index in [4.69, 9.17) is 21.9 Å². The van der Waals surface area contributed by atoms with Gasteiger partial charge in [-0.3, -0.25) is 0 Å². The number of nitrogens with zero attached hydrogens (tertiary/aromatic N) is 2. The molecular weight excluding hydrogens is 420 g/mol. The van der Waals surface area contributed by atoms with Gasteiger partial charge in [0, 0.05) is 19.3 Å². The number of benzene rings is 1. The summed E-state index contributed by atoms with van der Waals surface area (Å²) < 4.78 is 6.88. The molecule has 0 fully saturated rings. The van der Waals surface area contributed by atoms with Gasteiger partial charge in [0.05, 0.1) is 9.46 Å². The van der Waals surface area contributed by atoms with Crippen LogP contribution in [0.25, 0.3) is 0 Å². The quantitative estimate of drug-likeness (QED) is 0.448. The summed E-state index contributed by atoms with van der Waals surface area (Å²) in [4.78, 5) is 7.86. The van der Waals surface area contributed by atoms with E-state index in [-0.39, 0.29) is 0 Å². The zero-order valence-electron chi connectivity index (χ0n) is 16.9. The fraction of sp³-hybridized carbons (Fsp3) is 0.455. The lowest BCUT2D eigenvalue weighted by molar-refractivity contribution is 0.290. The van der Waals surface area contributed by atoms with Crippen LogP contribution >= 0.6 is 28.1 Å². The molecule has 0 amide bonds. The van der Waals surface area contributed by atoms with Crippen molar-refractivity contribution in [3.8, 4) is 5.88 Å². The highest BCUT2D eigenvalue weighted by Crippen LogP contribution is 2.31. The fourth-order valence-electron chi connectivity index (χ4n) is 2.95. The monoisotopic (exact) mass is 448 g/mol. The minimum atomic E-state index is 0.391. The second kappa shape index (κ2) is 10.2. The summed E-state index contributed by atoms with van der Waals surface area (Å²) in [5.74, 6) is 1.04. The van der Waals surface area contributed by atoms with Crippen molar-refractivity contribution < 1.29 is 4.74 Å². The molecule has 0 saturated heterocycles. The Morgan fingerprint density at radius 2 is 2.00 bits per heavy atom. The highest BCUT2D eigenvalue weighted by Gasteiger charge is 2.15. The molecule has 0 aliphatic carbocycles. The number of aromatic nitrogens is 1. The molecule has 0 bridgehead atoms. The van der Waals surface area contributed by atoms with Gasteiger partial charge in [-0.2, -0.15) is 0 Å². The number of rotatable bonds is 8. The van der Waals surface area contributed by atoms with E-state index in [9.17, 15) is 0 Å². The van der Waals surface area contributed by atoms with Crippen LogP contribution in [0.1, 0.15) is 55.0 Å². The van der Waals surface area contributed by atoms with Gasteiger partial charge < -0.3 is 9.64 Å². The van der Waals surface area contributed by atoms with Gasteiger partial charge in [0.25, 0.3) is 0 Å². The van der Waals surface area contributed by atoms with Gasteiger partial charge in [0.2, 0.25) is 5.88 Å². The summed E-state index contributed by atoms with van der Waals surface area (Å²) in [6, 6.07) is 10.4. The normalized spacial score (nSPS) is 11.9. The number of hydrogen-bond acceptors (Lipinski definition) is 3. The Hall–Kier alpha value is -1.46. The number of hydrogen-bond donors (Lipinski definition) is 0. The summed E-state index contributed by atoms with van der Waals surface area (Å²) in [6.45, 7) is 9.97. The predicted octanol–water partition coefficient (Wildman–Crippen LogP) is 6.20. The average molecular weight is 449 g/mol. The highest BCUT2D eigenvalue weighted by atomic mass is 79.9. The van der Waals surface area contributed by atoms with Crippen molar-refractivity contribution in [2.45, 2.75) is 53.1 Å². The molecule has 0 aliphatic heterocycles. The van der Waals surface area contributed by atoms with Crippen molar-refractivity contribution in [3.05, 3.63) is 57.2 Å². The van der Waals surface area contributed by atoms with Crippen LogP contribution in [0.2, 0.25) is 0 Å². The second-order valence-corrected chi connectivity index (χ2v) is 8.34. The van der Waals surface area contributed by atoms with E-state index in [1.165, 1.54) is 16.7 Å². The number of aryl methyl sites for hydroxylation is 2. The molecule has 0 radical (unpaired) electrons. The number of halogens is 1. The van der Waals surface area contributed by atoms with Crippen molar-refractivity contribution in [3.63, 3.8) is 0 Å². The predicted molar refractivity (Wildman–Crippen MR) is 121 cm³/mol. The lowest BCUT2D eigenvalue weighted by Gasteiger charge is -2.20. The number of pyridine rings is 1.